The molecule has 4 heteroatoms. The number of rotatable bonds is 6. The van der Waals surface area contributed by atoms with E-state index in [1.807, 2.05) is 7.05 Å². The zero-order chi connectivity index (χ0) is 8.53. The second kappa shape index (κ2) is 7.50. The fourth-order valence-corrected chi connectivity index (χ4v) is 0.678. The summed E-state index contributed by atoms with van der Waals surface area (Å²) >= 11 is 0. The van der Waals surface area contributed by atoms with Crippen LogP contribution in [0, 0.1) is 0 Å². The first-order valence-corrected chi connectivity index (χ1v) is 3.92. The van der Waals surface area contributed by atoms with Crippen LogP contribution in [-0.2, 0) is 4.79 Å². The highest BCUT2D eigenvalue weighted by molar-refractivity contribution is 5.75. The Labute approximate surface area is 67.5 Å². The van der Waals surface area contributed by atoms with Gasteiger partial charge in [0.2, 0.25) is 5.91 Å². The lowest BCUT2D eigenvalue weighted by atomic mass is 10.3. The van der Waals surface area contributed by atoms with Crippen LogP contribution in [-0.4, -0.2) is 32.6 Å². The van der Waals surface area contributed by atoms with Crippen molar-refractivity contribution in [2.24, 2.45) is 5.73 Å². The number of hydrogen-bond acceptors (Lipinski definition) is 3. The summed E-state index contributed by atoms with van der Waals surface area (Å²) in [7, 11) is 1.85. The van der Waals surface area contributed by atoms with Crippen molar-refractivity contribution in [2.75, 3.05) is 26.7 Å². The molecule has 1 amide bonds. The Morgan fingerprint density at radius 3 is 2.73 bits per heavy atom. The summed E-state index contributed by atoms with van der Waals surface area (Å²) in [5.74, 6) is 0.0886. The topological polar surface area (TPSA) is 67.1 Å². The molecule has 11 heavy (non-hydrogen) atoms. The zero-order valence-corrected chi connectivity index (χ0v) is 7.02. The van der Waals surface area contributed by atoms with Gasteiger partial charge in [0.25, 0.3) is 0 Å². The summed E-state index contributed by atoms with van der Waals surface area (Å²) in [6.45, 7) is 2.09. The van der Waals surface area contributed by atoms with Gasteiger partial charge in [-0.3, -0.25) is 4.79 Å². The highest BCUT2D eigenvalue weighted by Gasteiger charge is 1.97. The van der Waals surface area contributed by atoms with Gasteiger partial charge >= 0.3 is 0 Å². The van der Waals surface area contributed by atoms with Gasteiger partial charge in [0.15, 0.2) is 0 Å². The Morgan fingerprint density at radius 2 is 2.18 bits per heavy atom. The third-order valence-electron chi connectivity index (χ3n) is 1.31. The number of amides is 1. The predicted octanol–water partition coefficient (Wildman–Crippen LogP) is -0.939. The average molecular weight is 159 g/mol. The first kappa shape index (κ1) is 10.4. The molecule has 0 saturated heterocycles. The summed E-state index contributed by atoms with van der Waals surface area (Å²) in [4.78, 5) is 10.9. The predicted molar refractivity (Wildman–Crippen MR) is 45.2 cm³/mol. The third-order valence-corrected chi connectivity index (χ3v) is 1.31. The summed E-state index contributed by atoms with van der Waals surface area (Å²) in [6.07, 6.45) is 1.31. The molecule has 0 bridgehead atoms. The molecular formula is C7H17N3O. The van der Waals surface area contributed by atoms with E-state index in [9.17, 15) is 4.79 Å². The van der Waals surface area contributed by atoms with Crippen molar-refractivity contribution in [3.63, 3.8) is 0 Å². The van der Waals surface area contributed by atoms with Crippen LogP contribution in [0.2, 0.25) is 0 Å². The molecule has 0 aromatic heterocycles. The molecule has 0 aromatic carbocycles. The lowest BCUT2D eigenvalue weighted by Crippen LogP contribution is -2.30. The molecule has 0 saturated carbocycles. The minimum atomic E-state index is 0.0886. The number of nitrogens with two attached hydrogens (primary N) is 1. The maximum Gasteiger partial charge on any atom is 0.220 e. The van der Waals surface area contributed by atoms with E-state index in [2.05, 4.69) is 10.6 Å². The molecule has 4 N–H and O–H groups in total. The molecule has 0 aliphatic carbocycles. The van der Waals surface area contributed by atoms with Crippen molar-refractivity contribution in [1.29, 1.82) is 0 Å². The maximum absolute atomic E-state index is 10.9. The minimum absolute atomic E-state index is 0.0886. The summed E-state index contributed by atoms with van der Waals surface area (Å²) < 4.78 is 0. The SMILES string of the molecule is CNCCNC(=O)CCCN. The zero-order valence-electron chi connectivity index (χ0n) is 7.02. The van der Waals surface area contributed by atoms with E-state index in [0.29, 0.717) is 19.5 Å². The quantitative estimate of drug-likeness (QED) is 0.438. The summed E-state index contributed by atoms with van der Waals surface area (Å²) in [5, 5.41) is 5.70. The molecule has 0 aromatic rings. The Morgan fingerprint density at radius 1 is 1.45 bits per heavy atom. The Bertz CT molecular complexity index is 106. The van der Waals surface area contributed by atoms with Crippen LogP contribution in [0.1, 0.15) is 12.8 Å². The standard InChI is InChI=1S/C7H17N3O/c1-9-5-6-10-7(11)3-2-4-8/h9H,2-6,8H2,1H3,(H,10,11). The molecule has 0 fully saturated rings. The molecule has 0 aliphatic rings. The summed E-state index contributed by atoms with van der Waals surface area (Å²) in [5.41, 5.74) is 5.24. The van der Waals surface area contributed by atoms with Crippen LogP contribution in [0.4, 0.5) is 0 Å². The van der Waals surface area contributed by atoms with E-state index >= 15 is 0 Å². The van der Waals surface area contributed by atoms with Gasteiger partial charge < -0.3 is 16.4 Å². The van der Waals surface area contributed by atoms with Gasteiger partial charge in [0.1, 0.15) is 0 Å². The second-order valence-corrected chi connectivity index (χ2v) is 2.35. The van der Waals surface area contributed by atoms with E-state index in [1.54, 1.807) is 0 Å². The van der Waals surface area contributed by atoms with Crippen molar-refractivity contribution in [1.82, 2.24) is 10.6 Å². The lowest BCUT2D eigenvalue weighted by molar-refractivity contribution is -0.121. The van der Waals surface area contributed by atoms with Crippen molar-refractivity contribution < 1.29 is 4.79 Å². The molecule has 0 atom stereocenters. The van der Waals surface area contributed by atoms with Crippen LogP contribution in [0.15, 0.2) is 0 Å². The van der Waals surface area contributed by atoms with Crippen LogP contribution in [0.3, 0.4) is 0 Å². The monoisotopic (exact) mass is 159 g/mol. The van der Waals surface area contributed by atoms with E-state index in [-0.39, 0.29) is 5.91 Å². The number of hydrogen-bond donors (Lipinski definition) is 3. The van der Waals surface area contributed by atoms with Crippen LogP contribution in [0.5, 0.6) is 0 Å². The van der Waals surface area contributed by atoms with Gasteiger partial charge in [-0.15, -0.1) is 0 Å². The average Bonchev–Trinajstić information content (AvgIpc) is 2.01. The van der Waals surface area contributed by atoms with Gasteiger partial charge in [-0.05, 0) is 20.0 Å². The van der Waals surface area contributed by atoms with Crippen LogP contribution in [0.25, 0.3) is 0 Å². The van der Waals surface area contributed by atoms with Gasteiger partial charge in [-0.1, -0.05) is 0 Å². The molecule has 4 nitrogen and oxygen atoms in total. The van der Waals surface area contributed by atoms with Crippen molar-refractivity contribution >= 4 is 5.91 Å². The van der Waals surface area contributed by atoms with Gasteiger partial charge in [0.05, 0.1) is 0 Å². The van der Waals surface area contributed by atoms with Crippen molar-refractivity contribution in [3.8, 4) is 0 Å². The molecule has 66 valence electrons. The summed E-state index contributed by atoms with van der Waals surface area (Å²) in [6, 6.07) is 0. The fraction of sp³-hybridized carbons (Fsp3) is 0.857. The smallest absolute Gasteiger partial charge is 0.220 e. The number of carbonyl (C=O) groups is 1. The van der Waals surface area contributed by atoms with Crippen LogP contribution < -0.4 is 16.4 Å². The van der Waals surface area contributed by atoms with Gasteiger partial charge in [-0.25, -0.2) is 0 Å². The largest absolute Gasteiger partial charge is 0.355 e. The van der Waals surface area contributed by atoms with E-state index in [0.717, 1.165) is 13.0 Å². The number of nitrogens with one attached hydrogen (secondary N) is 2. The molecule has 0 heterocycles. The van der Waals surface area contributed by atoms with Crippen molar-refractivity contribution in [2.45, 2.75) is 12.8 Å². The molecule has 0 spiro atoms. The molecule has 0 rings (SSSR count). The number of likely N-dealkylation sites (N-methyl/N-ethyl adjacent to an activating group) is 1. The Hall–Kier alpha value is -0.610. The Balaban J connectivity index is 3.09. The lowest BCUT2D eigenvalue weighted by Gasteiger charge is -2.02. The minimum Gasteiger partial charge on any atom is -0.355 e. The third kappa shape index (κ3) is 7.29. The van der Waals surface area contributed by atoms with E-state index in [1.165, 1.54) is 0 Å². The van der Waals surface area contributed by atoms with Gasteiger partial charge in [0, 0.05) is 19.5 Å². The first-order valence-electron chi connectivity index (χ1n) is 3.92. The maximum atomic E-state index is 10.9. The molecular weight excluding hydrogens is 142 g/mol. The Kier molecular flexibility index (Phi) is 7.08. The molecule has 0 radical (unpaired) electrons. The van der Waals surface area contributed by atoms with Crippen molar-refractivity contribution in [3.05, 3.63) is 0 Å². The highest BCUT2D eigenvalue weighted by Crippen LogP contribution is 1.83. The number of carbonyl (C=O) groups excluding carboxylic acids is 1. The molecule has 0 unspecified atom stereocenters. The highest BCUT2D eigenvalue weighted by atomic mass is 16.1. The van der Waals surface area contributed by atoms with E-state index in [4.69, 9.17) is 5.73 Å². The normalized spacial score (nSPS) is 9.64. The molecule has 0 aliphatic heterocycles. The van der Waals surface area contributed by atoms with E-state index < -0.39 is 0 Å². The fourth-order valence-electron chi connectivity index (χ4n) is 0.678. The second-order valence-electron chi connectivity index (χ2n) is 2.35. The van der Waals surface area contributed by atoms with Gasteiger partial charge in [-0.2, -0.15) is 0 Å². The van der Waals surface area contributed by atoms with Crippen LogP contribution >= 0.6 is 0 Å². The first-order chi connectivity index (χ1) is 5.31.